The van der Waals surface area contributed by atoms with Crippen LogP contribution in [-0.2, 0) is 28.6 Å². The number of halogens is 1. The number of ether oxygens (including phenoxy) is 3. The van der Waals surface area contributed by atoms with E-state index < -0.39 is 41.3 Å². The van der Waals surface area contributed by atoms with Gasteiger partial charge in [-0.3, -0.25) is 14.4 Å². The van der Waals surface area contributed by atoms with Gasteiger partial charge >= 0.3 is 17.9 Å². The molecular weight excluding hydrogens is 585 g/mol. The third-order valence-electron chi connectivity index (χ3n) is 7.53. The second-order valence-corrected chi connectivity index (χ2v) is 13.0. The molecule has 13 heteroatoms. The van der Waals surface area contributed by atoms with E-state index in [-0.39, 0.29) is 43.6 Å². The molecule has 0 bridgehead atoms. The number of carbonyl (C=O) groups is 4. The minimum Gasteiger partial charge on any atom is -0.444 e. The molecule has 0 aliphatic carbocycles. The number of hydrogen-bond acceptors (Lipinski definition) is 8. The van der Waals surface area contributed by atoms with E-state index in [4.69, 9.17) is 14.2 Å². The summed E-state index contributed by atoms with van der Waals surface area (Å²) in [5.74, 6) is -2.90. The lowest BCUT2D eigenvalue weighted by atomic mass is 9.91. The van der Waals surface area contributed by atoms with Crippen molar-refractivity contribution in [1.29, 1.82) is 0 Å². The van der Waals surface area contributed by atoms with Gasteiger partial charge in [0.15, 0.2) is 0 Å². The average molecular weight is 636 g/mol. The summed E-state index contributed by atoms with van der Waals surface area (Å²) >= 11 is 0. The van der Waals surface area contributed by atoms with E-state index >= 15 is 0 Å². The van der Waals surface area contributed by atoms with E-state index in [0.717, 1.165) is 12.8 Å². The largest absolute Gasteiger partial charge is 0.444 e. The molecule has 12 nitrogen and oxygen atoms in total. The monoisotopic (exact) mass is 635 g/mol. The summed E-state index contributed by atoms with van der Waals surface area (Å²) in [7, 11) is 1.62. The standard InChI is InChI=1S/C32H50FN5O7/c1-22(2)19-38(30(41)28(39)35-26-10-9-24(33)18-27(26)34-11-7-8-14-43-6)25-17-23(29(40)36-12-15-44-16-13-36)20-37(21-25)31(42)45-32(3,4)5/h9-10,18,22-23,25,34H,7-8,11-17,19-21H2,1-6H3,(H,35,39). The molecule has 2 heterocycles. The van der Waals surface area contributed by atoms with Gasteiger partial charge in [-0.15, -0.1) is 0 Å². The van der Waals surface area contributed by atoms with Crippen molar-refractivity contribution in [3.05, 3.63) is 24.0 Å². The van der Waals surface area contributed by atoms with Crippen molar-refractivity contribution in [2.75, 3.05) is 76.8 Å². The number of benzene rings is 1. The Bertz CT molecular complexity index is 1170. The van der Waals surface area contributed by atoms with Gasteiger partial charge in [-0.05, 0) is 64.2 Å². The Labute approximate surface area is 265 Å². The molecule has 2 aliphatic heterocycles. The highest BCUT2D eigenvalue weighted by Gasteiger charge is 2.42. The van der Waals surface area contributed by atoms with Crippen molar-refractivity contribution in [1.82, 2.24) is 14.7 Å². The van der Waals surface area contributed by atoms with Crippen LogP contribution in [0, 0.1) is 17.7 Å². The molecule has 2 unspecified atom stereocenters. The van der Waals surface area contributed by atoms with Crippen molar-refractivity contribution in [2.45, 2.75) is 65.5 Å². The summed E-state index contributed by atoms with van der Waals surface area (Å²) in [6.45, 7) is 12.5. The molecule has 3 rings (SSSR count). The van der Waals surface area contributed by atoms with Gasteiger partial charge in [0, 0.05) is 53.0 Å². The average Bonchev–Trinajstić information content (AvgIpc) is 2.99. The topological polar surface area (TPSA) is 130 Å². The fourth-order valence-electron chi connectivity index (χ4n) is 5.46. The molecule has 2 N–H and O–H groups in total. The number of rotatable bonds is 11. The van der Waals surface area contributed by atoms with Crippen molar-refractivity contribution >= 4 is 35.2 Å². The van der Waals surface area contributed by atoms with Gasteiger partial charge in [-0.1, -0.05) is 13.8 Å². The van der Waals surface area contributed by atoms with E-state index in [1.165, 1.54) is 28.0 Å². The molecule has 4 amide bonds. The second-order valence-electron chi connectivity index (χ2n) is 13.0. The predicted octanol–water partition coefficient (Wildman–Crippen LogP) is 3.57. The van der Waals surface area contributed by atoms with Crippen LogP contribution < -0.4 is 10.6 Å². The first-order valence-electron chi connectivity index (χ1n) is 15.8. The third kappa shape index (κ3) is 11.1. The van der Waals surface area contributed by atoms with Gasteiger partial charge in [-0.2, -0.15) is 0 Å². The minimum absolute atomic E-state index is 0.0119. The van der Waals surface area contributed by atoms with Crippen LogP contribution in [-0.4, -0.2) is 116 Å². The SMILES string of the molecule is COCCCCNc1cc(F)ccc1NC(=O)C(=O)N(CC(C)C)C1CC(C(=O)N2CCOCC2)CN(C(=O)OC(C)(C)C)C1. The molecule has 2 aliphatic rings. The molecule has 2 saturated heterocycles. The van der Waals surface area contributed by atoms with Crippen molar-refractivity contribution in [2.24, 2.45) is 11.8 Å². The lowest BCUT2D eigenvalue weighted by Crippen LogP contribution is -2.59. The molecule has 0 saturated carbocycles. The minimum atomic E-state index is -0.893. The van der Waals surface area contributed by atoms with Crippen molar-refractivity contribution in [3.8, 4) is 0 Å². The molecule has 2 atom stereocenters. The Morgan fingerprint density at radius 3 is 2.42 bits per heavy atom. The van der Waals surface area contributed by atoms with Gasteiger partial charge in [0.2, 0.25) is 5.91 Å². The Morgan fingerprint density at radius 2 is 1.78 bits per heavy atom. The Hall–Kier alpha value is -3.45. The molecule has 1 aromatic rings. The van der Waals surface area contributed by atoms with Crippen LogP contribution in [0.25, 0.3) is 0 Å². The van der Waals surface area contributed by atoms with Crippen LogP contribution in [0.2, 0.25) is 0 Å². The number of hydrogen-bond donors (Lipinski definition) is 2. The summed E-state index contributed by atoms with van der Waals surface area (Å²) in [4.78, 5) is 58.8. The summed E-state index contributed by atoms with van der Waals surface area (Å²) in [6.07, 6.45) is 1.27. The molecule has 0 aromatic heterocycles. The number of likely N-dealkylation sites (tertiary alicyclic amines) is 1. The lowest BCUT2D eigenvalue weighted by molar-refractivity contribution is -0.149. The zero-order valence-corrected chi connectivity index (χ0v) is 27.5. The fraction of sp³-hybridized carbons (Fsp3) is 0.688. The molecule has 0 radical (unpaired) electrons. The molecule has 1 aromatic carbocycles. The fourth-order valence-corrected chi connectivity index (χ4v) is 5.46. The predicted molar refractivity (Wildman–Crippen MR) is 168 cm³/mol. The number of nitrogens with zero attached hydrogens (tertiary/aromatic N) is 3. The summed E-state index contributed by atoms with van der Waals surface area (Å²) in [6, 6.07) is 3.27. The highest BCUT2D eigenvalue weighted by molar-refractivity contribution is 6.40. The Balaban J connectivity index is 1.83. The first-order chi connectivity index (χ1) is 21.3. The van der Waals surface area contributed by atoms with E-state index in [9.17, 15) is 23.6 Å². The molecular formula is C32H50FN5O7. The van der Waals surface area contributed by atoms with Crippen LogP contribution in [0.15, 0.2) is 18.2 Å². The van der Waals surface area contributed by atoms with Crippen molar-refractivity contribution < 1.29 is 37.8 Å². The second kappa shape index (κ2) is 16.7. The van der Waals surface area contributed by atoms with Gasteiger partial charge in [-0.25, -0.2) is 9.18 Å². The maximum Gasteiger partial charge on any atom is 0.410 e. The smallest absolute Gasteiger partial charge is 0.410 e. The third-order valence-corrected chi connectivity index (χ3v) is 7.53. The summed E-state index contributed by atoms with van der Waals surface area (Å²) in [5, 5.41) is 5.78. The normalized spacial score (nSPS) is 18.8. The summed E-state index contributed by atoms with van der Waals surface area (Å²) in [5.41, 5.74) is -0.134. The number of amides is 4. The van der Waals surface area contributed by atoms with E-state index in [0.29, 0.717) is 45.1 Å². The molecule has 0 spiro atoms. The van der Waals surface area contributed by atoms with Crippen molar-refractivity contribution in [3.63, 3.8) is 0 Å². The van der Waals surface area contributed by atoms with Gasteiger partial charge in [0.1, 0.15) is 11.4 Å². The maximum absolute atomic E-state index is 14.1. The first kappa shape index (κ1) is 36.0. The molecule has 252 valence electrons. The Morgan fingerprint density at radius 1 is 1.07 bits per heavy atom. The van der Waals surface area contributed by atoms with Crippen LogP contribution in [0.3, 0.4) is 0 Å². The summed E-state index contributed by atoms with van der Waals surface area (Å²) < 4.78 is 30.2. The number of unbranched alkanes of at least 4 members (excludes halogenated alkanes) is 1. The maximum atomic E-state index is 14.1. The zero-order valence-electron chi connectivity index (χ0n) is 27.5. The quantitative estimate of drug-likeness (QED) is 0.279. The number of nitrogens with one attached hydrogen (secondary N) is 2. The molecule has 2 fully saturated rings. The van der Waals surface area contributed by atoms with Crippen LogP contribution in [0.4, 0.5) is 20.6 Å². The number of piperidine rings is 1. The highest BCUT2D eigenvalue weighted by atomic mass is 19.1. The Kier molecular flexibility index (Phi) is 13.4. The molecule has 45 heavy (non-hydrogen) atoms. The first-order valence-corrected chi connectivity index (χ1v) is 15.8. The lowest BCUT2D eigenvalue weighted by Gasteiger charge is -2.43. The van der Waals surface area contributed by atoms with E-state index in [1.807, 2.05) is 13.8 Å². The van der Waals surface area contributed by atoms with Gasteiger partial charge in [0.05, 0.1) is 36.5 Å². The van der Waals surface area contributed by atoms with Gasteiger partial charge in [0.25, 0.3) is 0 Å². The van der Waals surface area contributed by atoms with Crippen LogP contribution in [0.1, 0.15) is 53.9 Å². The number of methoxy groups -OCH3 is 1. The number of carbonyl (C=O) groups excluding carboxylic acids is 4. The van der Waals surface area contributed by atoms with E-state index in [1.54, 1.807) is 32.8 Å². The van der Waals surface area contributed by atoms with Crippen LogP contribution in [0.5, 0.6) is 0 Å². The van der Waals surface area contributed by atoms with Crippen LogP contribution >= 0.6 is 0 Å². The number of anilines is 2. The highest BCUT2D eigenvalue weighted by Crippen LogP contribution is 2.27. The zero-order chi connectivity index (χ0) is 33.1. The van der Waals surface area contributed by atoms with E-state index in [2.05, 4.69) is 10.6 Å². The number of morpholine rings is 1. The van der Waals surface area contributed by atoms with Gasteiger partial charge < -0.3 is 39.5 Å².